The van der Waals surface area contributed by atoms with Gasteiger partial charge in [0, 0.05) is 25.2 Å². The van der Waals surface area contributed by atoms with Gasteiger partial charge in [0.05, 0.1) is 24.2 Å². The second-order valence-corrected chi connectivity index (χ2v) is 5.32. The highest BCUT2D eigenvalue weighted by Crippen LogP contribution is 2.29. The summed E-state index contributed by atoms with van der Waals surface area (Å²) in [4.78, 5) is 4.35. The summed E-state index contributed by atoms with van der Waals surface area (Å²) in [6.45, 7) is 1.90. The first kappa shape index (κ1) is 12.7. The summed E-state index contributed by atoms with van der Waals surface area (Å²) in [5, 5.41) is 0.669. The summed E-state index contributed by atoms with van der Waals surface area (Å²) in [6, 6.07) is 5.56. The van der Waals surface area contributed by atoms with Crippen LogP contribution in [0.5, 0.6) is 0 Å². The zero-order chi connectivity index (χ0) is 13.5. The van der Waals surface area contributed by atoms with Crippen LogP contribution in [0.1, 0.15) is 6.42 Å². The molecule has 3 rings (SSSR count). The molecule has 1 aromatic carbocycles. The van der Waals surface area contributed by atoms with Crippen LogP contribution < -0.4 is 5.73 Å². The monoisotopic (exact) mass is 281 g/mol. The summed E-state index contributed by atoms with van der Waals surface area (Å²) in [5.41, 5.74) is 7.44. The summed E-state index contributed by atoms with van der Waals surface area (Å²) in [6.07, 6.45) is 0.850. The lowest BCUT2D eigenvalue weighted by atomic mass is 10.0. The number of nitrogens with two attached hydrogens (primary N) is 1. The third-order valence-corrected chi connectivity index (χ3v) is 3.92. The number of ether oxygens (including phenoxy) is 2. The van der Waals surface area contributed by atoms with E-state index in [1.54, 1.807) is 7.11 Å². The van der Waals surface area contributed by atoms with Crippen LogP contribution in [-0.2, 0) is 16.0 Å². The molecule has 0 saturated carbocycles. The molecule has 1 saturated heterocycles. The molecule has 1 fully saturated rings. The number of aromatic nitrogens is 2. The average molecular weight is 282 g/mol. The molecule has 2 N–H and O–H groups in total. The Balaban J connectivity index is 2.04. The van der Waals surface area contributed by atoms with Gasteiger partial charge in [0.2, 0.25) is 5.95 Å². The van der Waals surface area contributed by atoms with Crippen LogP contribution in [0.15, 0.2) is 18.2 Å². The van der Waals surface area contributed by atoms with Crippen LogP contribution >= 0.6 is 11.6 Å². The largest absolute Gasteiger partial charge is 0.378 e. The van der Waals surface area contributed by atoms with Crippen molar-refractivity contribution in [2.24, 2.45) is 0 Å². The Morgan fingerprint density at radius 3 is 3.11 bits per heavy atom. The van der Waals surface area contributed by atoms with Gasteiger partial charge in [0.25, 0.3) is 0 Å². The van der Waals surface area contributed by atoms with Crippen LogP contribution in [-0.4, -0.2) is 35.5 Å². The van der Waals surface area contributed by atoms with Crippen molar-refractivity contribution >= 4 is 28.6 Å². The predicted octanol–water partition coefficient (Wildman–Crippen LogP) is 2.08. The molecular weight excluding hydrogens is 266 g/mol. The molecule has 2 aromatic rings. The Kier molecular flexibility index (Phi) is 3.12. The second-order valence-electron chi connectivity index (χ2n) is 4.88. The van der Waals surface area contributed by atoms with Gasteiger partial charge >= 0.3 is 0 Å². The lowest BCUT2D eigenvalue weighted by Gasteiger charge is -2.26. The van der Waals surface area contributed by atoms with E-state index in [1.807, 2.05) is 22.8 Å². The van der Waals surface area contributed by atoms with Crippen LogP contribution in [0.3, 0.4) is 0 Å². The minimum absolute atomic E-state index is 0.329. The number of halogens is 1. The zero-order valence-electron chi connectivity index (χ0n) is 10.7. The third kappa shape index (κ3) is 2.18. The van der Waals surface area contributed by atoms with Crippen molar-refractivity contribution in [1.82, 2.24) is 9.55 Å². The smallest absolute Gasteiger partial charge is 0.201 e. The number of benzene rings is 1. The van der Waals surface area contributed by atoms with Gasteiger partial charge in [-0.05, 0) is 18.2 Å². The maximum Gasteiger partial charge on any atom is 0.201 e. The van der Waals surface area contributed by atoms with Crippen molar-refractivity contribution in [3.05, 3.63) is 23.2 Å². The molecule has 0 aliphatic carbocycles. The fourth-order valence-electron chi connectivity index (χ4n) is 2.51. The van der Waals surface area contributed by atoms with Crippen LogP contribution in [0.2, 0.25) is 5.02 Å². The van der Waals surface area contributed by atoms with Gasteiger partial charge in [0.15, 0.2) is 0 Å². The predicted molar refractivity (Wildman–Crippen MR) is 74.3 cm³/mol. The summed E-state index contributed by atoms with van der Waals surface area (Å²) in [5.74, 6) is 0.473. The van der Waals surface area contributed by atoms with Crippen LogP contribution in [0.4, 0.5) is 5.95 Å². The van der Waals surface area contributed by atoms with E-state index in [0.717, 1.165) is 17.5 Å². The highest BCUT2D eigenvalue weighted by molar-refractivity contribution is 6.31. The average Bonchev–Trinajstić information content (AvgIpc) is 2.98. The van der Waals surface area contributed by atoms with Crippen LogP contribution in [0, 0.1) is 0 Å². The Morgan fingerprint density at radius 1 is 1.58 bits per heavy atom. The fraction of sp³-hybridized carbons (Fsp3) is 0.462. The van der Waals surface area contributed by atoms with E-state index < -0.39 is 0 Å². The van der Waals surface area contributed by atoms with Crippen molar-refractivity contribution in [2.45, 2.75) is 18.6 Å². The van der Waals surface area contributed by atoms with Gasteiger partial charge in [-0.25, -0.2) is 4.98 Å². The van der Waals surface area contributed by atoms with E-state index >= 15 is 0 Å². The normalized spacial score (nSPS) is 23.3. The number of imidazole rings is 1. The number of nitrogen functional groups attached to an aromatic ring is 1. The number of fused-ring (bicyclic) bond motifs is 1. The molecule has 0 bridgehead atoms. The molecule has 19 heavy (non-hydrogen) atoms. The molecule has 1 aromatic heterocycles. The number of anilines is 1. The number of methoxy groups -OCH3 is 1. The highest BCUT2D eigenvalue weighted by Gasteiger charge is 2.36. The summed E-state index contributed by atoms with van der Waals surface area (Å²) in [7, 11) is 1.71. The first-order valence-electron chi connectivity index (χ1n) is 6.18. The van der Waals surface area contributed by atoms with Crippen molar-refractivity contribution in [3.8, 4) is 0 Å². The van der Waals surface area contributed by atoms with Gasteiger partial charge in [-0.2, -0.15) is 0 Å². The summed E-state index contributed by atoms with van der Waals surface area (Å²) >= 11 is 6.05. The molecule has 0 spiro atoms. The molecule has 1 unspecified atom stereocenters. The molecular formula is C13H16ClN3O2. The summed E-state index contributed by atoms with van der Waals surface area (Å²) < 4.78 is 13.0. The van der Waals surface area contributed by atoms with E-state index in [0.29, 0.717) is 30.7 Å². The zero-order valence-corrected chi connectivity index (χ0v) is 11.5. The van der Waals surface area contributed by atoms with Gasteiger partial charge in [0.1, 0.15) is 5.60 Å². The topological polar surface area (TPSA) is 62.3 Å². The lowest BCUT2D eigenvalue weighted by molar-refractivity contribution is -0.0283. The minimum atomic E-state index is -0.329. The third-order valence-electron chi connectivity index (χ3n) is 3.69. The Bertz CT molecular complexity index is 605. The molecule has 0 radical (unpaired) electrons. The maximum absolute atomic E-state index is 6.05. The van der Waals surface area contributed by atoms with E-state index in [1.165, 1.54) is 0 Å². The first-order chi connectivity index (χ1) is 9.13. The number of rotatable bonds is 3. The Labute approximate surface area is 116 Å². The minimum Gasteiger partial charge on any atom is -0.378 e. The quantitative estimate of drug-likeness (QED) is 0.936. The first-order valence-corrected chi connectivity index (χ1v) is 6.55. The van der Waals surface area contributed by atoms with Gasteiger partial charge < -0.3 is 19.8 Å². The molecule has 0 amide bonds. The SMILES string of the molecule is COC1(Cn2c(N)nc3ccc(Cl)cc32)CCOC1. The van der Waals surface area contributed by atoms with E-state index in [9.17, 15) is 0 Å². The molecule has 6 heteroatoms. The molecule has 1 atom stereocenters. The molecule has 102 valence electrons. The van der Waals surface area contributed by atoms with Crippen molar-refractivity contribution in [2.75, 3.05) is 26.1 Å². The highest BCUT2D eigenvalue weighted by atomic mass is 35.5. The second kappa shape index (κ2) is 4.67. The standard InChI is InChI=1S/C13H16ClN3O2/c1-18-13(4-5-19-8-13)7-17-11-6-9(14)2-3-10(11)16-12(17)15/h2-3,6H,4-5,7-8H2,1H3,(H2,15,16). The van der Waals surface area contributed by atoms with Gasteiger partial charge in [-0.15, -0.1) is 0 Å². The molecule has 1 aliphatic rings. The van der Waals surface area contributed by atoms with Crippen molar-refractivity contribution in [1.29, 1.82) is 0 Å². The molecule has 1 aliphatic heterocycles. The maximum atomic E-state index is 6.05. The number of hydrogen-bond donors (Lipinski definition) is 1. The number of hydrogen-bond acceptors (Lipinski definition) is 4. The van der Waals surface area contributed by atoms with Crippen molar-refractivity contribution < 1.29 is 9.47 Å². The van der Waals surface area contributed by atoms with E-state index in [4.69, 9.17) is 26.8 Å². The van der Waals surface area contributed by atoms with Gasteiger partial charge in [-0.3, -0.25) is 0 Å². The van der Waals surface area contributed by atoms with Gasteiger partial charge in [-0.1, -0.05) is 11.6 Å². The molecule has 2 heterocycles. The molecule has 5 nitrogen and oxygen atoms in total. The number of nitrogens with zero attached hydrogens (tertiary/aromatic N) is 2. The van der Waals surface area contributed by atoms with Crippen molar-refractivity contribution in [3.63, 3.8) is 0 Å². The Morgan fingerprint density at radius 2 is 2.42 bits per heavy atom. The Hall–Kier alpha value is -1.30. The van der Waals surface area contributed by atoms with Crippen LogP contribution in [0.25, 0.3) is 11.0 Å². The fourth-order valence-corrected chi connectivity index (χ4v) is 2.67. The lowest BCUT2D eigenvalue weighted by Crippen LogP contribution is -2.37. The van der Waals surface area contributed by atoms with E-state index in [-0.39, 0.29) is 5.60 Å². The van der Waals surface area contributed by atoms with E-state index in [2.05, 4.69) is 4.98 Å².